The normalized spacial score (nSPS) is 18.4. The smallest absolute Gasteiger partial charge is 0.0458 e. The number of halogens is 1. The maximum absolute atomic E-state index is 6.26. The van der Waals surface area contributed by atoms with Crippen molar-refractivity contribution in [3.8, 4) is 0 Å². The van der Waals surface area contributed by atoms with Gasteiger partial charge >= 0.3 is 0 Å². The first-order valence-corrected chi connectivity index (χ1v) is 12.5. The number of nitrogens with zero attached hydrogens (tertiary/aromatic N) is 2. The van der Waals surface area contributed by atoms with Crippen LogP contribution in [0.4, 0.5) is 0 Å². The second-order valence-electron chi connectivity index (χ2n) is 8.97. The van der Waals surface area contributed by atoms with Gasteiger partial charge in [0.05, 0.1) is 0 Å². The minimum absolute atomic E-state index is 0.376. The van der Waals surface area contributed by atoms with Crippen LogP contribution in [0.3, 0.4) is 0 Å². The Bertz CT molecular complexity index is 1120. The topological polar surface area (TPSA) is 18.5 Å². The lowest BCUT2D eigenvalue weighted by Crippen LogP contribution is -2.45. The van der Waals surface area contributed by atoms with Gasteiger partial charge in [0.25, 0.3) is 0 Å². The summed E-state index contributed by atoms with van der Waals surface area (Å²) in [6.45, 7) is 13.9. The van der Waals surface area contributed by atoms with Crippen molar-refractivity contribution in [3.63, 3.8) is 0 Å². The summed E-state index contributed by atoms with van der Waals surface area (Å²) < 4.78 is 0. The molecule has 2 aliphatic heterocycles. The molecule has 2 heterocycles. The number of piperazine rings is 1. The molecule has 2 aromatic carbocycles. The Morgan fingerprint density at radius 1 is 1.06 bits per heavy atom. The fraction of sp³-hybridized carbons (Fsp3) is 0.300. The molecule has 1 N–H and O–H groups in total. The van der Waals surface area contributed by atoms with Gasteiger partial charge in [-0.05, 0) is 47.2 Å². The summed E-state index contributed by atoms with van der Waals surface area (Å²) in [7, 11) is 0. The number of allylic oxidation sites excluding steroid dienone is 3. The molecule has 3 nitrogen and oxygen atoms in total. The SMILES string of the molecule is C=C1C=C=CC(c2ccccc2)=CN1C(CN1CCNCC1)=C(c1ccc(Cl)cc1)C(C)CC. The van der Waals surface area contributed by atoms with E-state index in [2.05, 4.69) is 83.9 Å². The summed E-state index contributed by atoms with van der Waals surface area (Å²) in [5.74, 6) is 0.376. The van der Waals surface area contributed by atoms with Crippen molar-refractivity contribution in [1.29, 1.82) is 0 Å². The predicted octanol–water partition coefficient (Wildman–Crippen LogP) is 6.58. The fourth-order valence-corrected chi connectivity index (χ4v) is 4.66. The Labute approximate surface area is 209 Å². The maximum Gasteiger partial charge on any atom is 0.0458 e. The van der Waals surface area contributed by atoms with E-state index in [1.165, 1.54) is 22.4 Å². The molecule has 0 bridgehead atoms. The third kappa shape index (κ3) is 5.81. The molecule has 1 fully saturated rings. The molecule has 0 aromatic heterocycles. The van der Waals surface area contributed by atoms with Crippen molar-refractivity contribution in [2.24, 2.45) is 5.92 Å². The molecule has 0 amide bonds. The second kappa shape index (κ2) is 11.6. The molecule has 2 aliphatic rings. The van der Waals surface area contributed by atoms with Crippen LogP contribution in [-0.4, -0.2) is 42.5 Å². The molecule has 4 heteroatoms. The molecular weight excluding hydrogens is 438 g/mol. The van der Waals surface area contributed by atoms with Crippen LogP contribution in [0, 0.1) is 5.92 Å². The van der Waals surface area contributed by atoms with Crippen molar-refractivity contribution in [2.45, 2.75) is 20.3 Å². The summed E-state index contributed by atoms with van der Waals surface area (Å²) in [6, 6.07) is 18.8. The Morgan fingerprint density at radius 3 is 2.44 bits per heavy atom. The van der Waals surface area contributed by atoms with Crippen LogP contribution in [0.5, 0.6) is 0 Å². The Hall–Kier alpha value is -2.81. The van der Waals surface area contributed by atoms with Gasteiger partial charge in [0.2, 0.25) is 0 Å². The Morgan fingerprint density at radius 2 is 1.76 bits per heavy atom. The molecule has 0 aliphatic carbocycles. The van der Waals surface area contributed by atoms with Crippen molar-refractivity contribution in [2.75, 3.05) is 32.7 Å². The third-order valence-corrected chi connectivity index (χ3v) is 6.87. The van der Waals surface area contributed by atoms with E-state index in [-0.39, 0.29) is 0 Å². The molecular formula is C30H34ClN3. The van der Waals surface area contributed by atoms with E-state index in [0.29, 0.717) is 5.92 Å². The maximum atomic E-state index is 6.26. The monoisotopic (exact) mass is 471 g/mol. The quantitative estimate of drug-likeness (QED) is 0.460. The molecule has 1 unspecified atom stereocenters. The van der Waals surface area contributed by atoms with Crippen LogP contribution >= 0.6 is 11.6 Å². The first-order valence-electron chi connectivity index (χ1n) is 12.2. The van der Waals surface area contributed by atoms with Gasteiger partial charge in [-0.3, -0.25) is 4.90 Å². The third-order valence-electron chi connectivity index (χ3n) is 6.62. The molecule has 0 radical (unpaired) electrons. The van der Waals surface area contributed by atoms with Gasteiger partial charge in [-0.2, -0.15) is 0 Å². The molecule has 0 saturated carbocycles. The molecule has 1 atom stereocenters. The van der Waals surface area contributed by atoms with Crippen LogP contribution in [0.25, 0.3) is 11.1 Å². The van der Waals surface area contributed by atoms with Crippen molar-refractivity contribution >= 4 is 22.7 Å². The van der Waals surface area contributed by atoms with E-state index in [4.69, 9.17) is 11.6 Å². The van der Waals surface area contributed by atoms with Crippen LogP contribution in [-0.2, 0) is 0 Å². The predicted molar refractivity (Wildman–Crippen MR) is 145 cm³/mol. The summed E-state index contributed by atoms with van der Waals surface area (Å²) in [5.41, 5.74) is 10.4. The van der Waals surface area contributed by atoms with Crippen LogP contribution in [0.1, 0.15) is 31.4 Å². The van der Waals surface area contributed by atoms with Crippen molar-refractivity contribution in [3.05, 3.63) is 113 Å². The lowest BCUT2D eigenvalue weighted by Gasteiger charge is -2.35. The number of hydrogen-bond donors (Lipinski definition) is 1. The van der Waals surface area contributed by atoms with Gasteiger partial charge in [-0.1, -0.05) is 74.5 Å². The van der Waals surface area contributed by atoms with E-state index >= 15 is 0 Å². The number of rotatable bonds is 7. The molecule has 176 valence electrons. The average molecular weight is 472 g/mol. The van der Waals surface area contributed by atoms with Gasteiger partial charge in [0.15, 0.2) is 0 Å². The Balaban J connectivity index is 1.89. The zero-order valence-corrected chi connectivity index (χ0v) is 21.0. The van der Waals surface area contributed by atoms with Crippen molar-refractivity contribution in [1.82, 2.24) is 15.1 Å². The minimum atomic E-state index is 0.376. The molecule has 4 rings (SSSR count). The van der Waals surface area contributed by atoms with Gasteiger partial charge in [0.1, 0.15) is 0 Å². The molecule has 34 heavy (non-hydrogen) atoms. The standard InChI is InChI=1S/C30H34ClN3/c1-4-23(2)30(26-13-15-28(31)16-14-26)29(22-33-19-17-32-18-20-33)34-21-27(12-8-9-24(34)3)25-10-6-5-7-11-25/h5-7,9-16,21,23,32H,3-4,17-20,22H2,1-2H3. The van der Waals surface area contributed by atoms with Crippen LogP contribution in [0.15, 0.2) is 96.7 Å². The summed E-state index contributed by atoms with van der Waals surface area (Å²) >= 11 is 6.26. The number of hydrogen-bond acceptors (Lipinski definition) is 3. The number of nitrogens with one attached hydrogen (secondary N) is 1. The molecule has 2 aromatic rings. The lowest BCUT2D eigenvalue weighted by atomic mass is 9.89. The molecule has 0 spiro atoms. The Kier molecular flexibility index (Phi) is 8.26. The summed E-state index contributed by atoms with van der Waals surface area (Å²) in [6.07, 6.45) is 7.31. The highest BCUT2D eigenvalue weighted by atomic mass is 35.5. The second-order valence-corrected chi connectivity index (χ2v) is 9.41. The van der Waals surface area contributed by atoms with Crippen molar-refractivity contribution < 1.29 is 0 Å². The fourth-order valence-electron chi connectivity index (χ4n) is 4.54. The first-order chi connectivity index (χ1) is 16.6. The molecule has 1 saturated heterocycles. The summed E-state index contributed by atoms with van der Waals surface area (Å²) in [4.78, 5) is 4.83. The highest BCUT2D eigenvalue weighted by Crippen LogP contribution is 2.35. The first kappa shape index (κ1) is 24.3. The van der Waals surface area contributed by atoms with Gasteiger partial charge < -0.3 is 10.2 Å². The minimum Gasteiger partial charge on any atom is -0.319 e. The largest absolute Gasteiger partial charge is 0.319 e. The van der Waals surface area contributed by atoms with Crippen LogP contribution < -0.4 is 5.32 Å². The lowest BCUT2D eigenvalue weighted by molar-refractivity contribution is 0.247. The summed E-state index contributed by atoms with van der Waals surface area (Å²) in [5, 5.41) is 4.24. The van der Waals surface area contributed by atoms with E-state index in [0.717, 1.165) is 55.4 Å². The highest BCUT2D eigenvalue weighted by Gasteiger charge is 2.24. The zero-order chi connectivity index (χ0) is 23.9. The van der Waals surface area contributed by atoms with E-state index in [1.807, 2.05) is 30.4 Å². The van der Waals surface area contributed by atoms with E-state index < -0.39 is 0 Å². The van der Waals surface area contributed by atoms with Crippen LogP contribution in [0.2, 0.25) is 5.02 Å². The van der Waals surface area contributed by atoms with E-state index in [9.17, 15) is 0 Å². The van der Waals surface area contributed by atoms with E-state index in [1.54, 1.807) is 0 Å². The van der Waals surface area contributed by atoms with Gasteiger partial charge in [0, 0.05) is 67.0 Å². The highest BCUT2D eigenvalue weighted by molar-refractivity contribution is 6.30. The number of benzene rings is 2. The average Bonchev–Trinajstić information content (AvgIpc) is 3.07. The van der Waals surface area contributed by atoms with Gasteiger partial charge in [-0.15, -0.1) is 5.73 Å². The van der Waals surface area contributed by atoms with Gasteiger partial charge in [-0.25, -0.2) is 0 Å². The zero-order valence-electron chi connectivity index (χ0n) is 20.2.